The molecule has 0 fully saturated rings. The van der Waals surface area contributed by atoms with E-state index in [0.29, 0.717) is 16.8 Å². The number of hydrogen-bond donors (Lipinski definition) is 2. The van der Waals surface area contributed by atoms with Crippen molar-refractivity contribution in [2.45, 2.75) is 0 Å². The monoisotopic (exact) mass is 318 g/mol. The first kappa shape index (κ1) is 15.7. The summed E-state index contributed by atoms with van der Waals surface area (Å²) in [5, 5.41) is 2.58. The fourth-order valence-corrected chi connectivity index (χ4v) is 1.91. The summed E-state index contributed by atoms with van der Waals surface area (Å²) in [5.41, 5.74) is 6.50. The molecular weight excluding hydrogens is 307 g/mol. The van der Waals surface area contributed by atoms with Gasteiger partial charge in [0.1, 0.15) is 5.82 Å². The van der Waals surface area contributed by atoms with Gasteiger partial charge in [-0.2, -0.15) is 0 Å². The SMILES string of the molecule is NC(=O)c1cccc(NC(=O)/C=C/c2ccc(F)c(Cl)c2)c1. The van der Waals surface area contributed by atoms with Gasteiger partial charge in [0.25, 0.3) is 0 Å². The van der Waals surface area contributed by atoms with Crippen molar-refractivity contribution in [3.05, 3.63) is 70.5 Å². The van der Waals surface area contributed by atoms with E-state index in [2.05, 4.69) is 5.32 Å². The summed E-state index contributed by atoms with van der Waals surface area (Å²) in [6, 6.07) is 10.4. The molecule has 0 radical (unpaired) electrons. The Morgan fingerprint density at radius 2 is 1.95 bits per heavy atom. The fourth-order valence-electron chi connectivity index (χ4n) is 1.72. The number of amides is 2. The van der Waals surface area contributed by atoms with Crippen LogP contribution < -0.4 is 11.1 Å². The van der Waals surface area contributed by atoms with Gasteiger partial charge in [0.05, 0.1) is 5.02 Å². The number of nitrogens with two attached hydrogens (primary N) is 1. The van der Waals surface area contributed by atoms with Gasteiger partial charge in [-0.05, 0) is 42.0 Å². The van der Waals surface area contributed by atoms with Crippen LogP contribution in [0.25, 0.3) is 6.08 Å². The Hall–Kier alpha value is -2.66. The maximum absolute atomic E-state index is 13.0. The van der Waals surface area contributed by atoms with Crippen LogP contribution in [-0.2, 0) is 4.79 Å². The molecule has 0 aliphatic carbocycles. The molecule has 0 aliphatic heterocycles. The summed E-state index contributed by atoms with van der Waals surface area (Å²) in [4.78, 5) is 22.9. The zero-order valence-electron chi connectivity index (χ0n) is 11.3. The lowest BCUT2D eigenvalue weighted by Gasteiger charge is -2.03. The summed E-state index contributed by atoms with van der Waals surface area (Å²) >= 11 is 5.65. The molecule has 0 unspecified atom stereocenters. The van der Waals surface area contributed by atoms with Gasteiger partial charge in [-0.25, -0.2) is 4.39 Å². The number of anilines is 1. The second-order valence-corrected chi connectivity index (χ2v) is 4.85. The summed E-state index contributed by atoms with van der Waals surface area (Å²) < 4.78 is 13.0. The van der Waals surface area contributed by atoms with Crippen molar-refractivity contribution in [1.82, 2.24) is 0 Å². The average Bonchev–Trinajstić information content (AvgIpc) is 2.49. The van der Waals surface area contributed by atoms with Crippen LogP contribution in [0.15, 0.2) is 48.5 Å². The van der Waals surface area contributed by atoms with E-state index in [9.17, 15) is 14.0 Å². The number of nitrogens with one attached hydrogen (secondary N) is 1. The van der Waals surface area contributed by atoms with Crippen LogP contribution >= 0.6 is 11.6 Å². The summed E-state index contributed by atoms with van der Waals surface area (Å²) in [5.74, 6) is -1.50. The number of carbonyl (C=O) groups excluding carboxylic acids is 2. The maximum atomic E-state index is 13.0. The third-order valence-electron chi connectivity index (χ3n) is 2.79. The van der Waals surface area contributed by atoms with Crippen molar-refractivity contribution < 1.29 is 14.0 Å². The highest BCUT2D eigenvalue weighted by atomic mass is 35.5. The summed E-state index contributed by atoms with van der Waals surface area (Å²) in [6.07, 6.45) is 2.78. The van der Waals surface area contributed by atoms with Gasteiger partial charge in [0.2, 0.25) is 11.8 Å². The maximum Gasteiger partial charge on any atom is 0.248 e. The molecular formula is C16H12ClFN2O2. The van der Waals surface area contributed by atoms with Gasteiger partial charge in [-0.3, -0.25) is 9.59 Å². The second-order valence-electron chi connectivity index (χ2n) is 4.44. The van der Waals surface area contributed by atoms with Crippen LogP contribution in [0, 0.1) is 5.82 Å². The molecule has 3 N–H and O–H groups in total. The Kier molecular flexibility index (Phi) is 4.91. The number of carbonyl (C=O) groups is 2. The number of hydrogen-bond acceptors (Lipinski definition) is 2. The van der Waals surface area contributed by atoms with Crippen molar-refractivity contribution in [1.29, 1.82) is 0 Å². The predicted octanol–water partition coefficient (Wildman–Crippen LogP) is 3.23. The normalized spacial score (nSPS) is 10.6. The van der Waals surface area contributed by atoms with Crippen molar-refractivity contribution in [3.8, 4) is 0 Å². The van der Waals surface area contributed by atoms with E-state index in [1.54, 1.807) is 18.2 Å². The van der Waals surface area contributed by atoms with Gasteiger partial charge in [0.15, 0.2) is 0 Å². The molecule has 2 rings (SSSR count). The lowest BCUT2D eigenvalue weighted by Crippen LogP contribution is -2.12. The van der Waals surface area contributed by atoms with E-state index < -0.39 is 17.6 Å². The molecule has 112 valence electrons. The van der Waals surface area contributed by atoms with E-state index in [-0.39, 0.29) is 5.02 Å². The Labute approximate surface area is 131 Å². The second kappa shape index (κ2) is 6.87. The van der Waals surface area contributed by atoms with Crippen molar-refractivity contribution in [2.75, 3.05) is 5.32 Å². The molecule has 0 aromatic heterocycles. The summed E-state index contributed by atoms with van der Waals surface area (Å²) in [6.45, 7) is 0. The minimum Gasteiger partial charge on any atom is -0.366 e. The van der Waals surface area contributed by atoms with Crippen LogP contribution in [-0.4, -0.2) is 11.8 Å². The molecule has 2 amide bonds. The lowest BCUT2D eigenvalue weighted by molar-refractivity contribution is -0.111. The molecule has 6 heteroatoms. The molecule has 0 bridgehead atoms. The Balaban J connectivity index is 2.06. The average molecular weight is 319 g/mol. The highest BCUT2D eigenvalue weighted by Crippen LogP contribution is 2.17. The van der Waals surface area contributed by atoms with Gasteiger partial charge >= 0.3 is 0 Å². The molecule has 0 aliphatic rings. The zero-order chi connectivity index (χ0) is 16.1. The van der Waals surface area contributed by atoms with Crippen molar-refractivity contribution in [2.24, 2.45) is 5.73 Å². The first-order valence-corrected chi connectivity index (χ1v) is 6.67. The van der Waals surface area contributed by atoms with E-state index in [0.717, 1.165) is 0 Å². The smallest absolute Gasteiger partial charge is 0.248 e. The Morgan fingerprint density at radius 3 is 2.64 bits per heavy atom. The molecule has 4 nitrogen and oxygen atoms in total. The Bertz CT molecular complexity index is 760. The van der Waals surface area contributed by atoms with Crippen LogP contribution in [0.2, 0.25) is 5.02 Å². The van der Waals surface area contributed by atoms with Gasteiger partial charge in [-0.15, -0.1) is 0 Å². The van der Waals surface area contributed by atoms with Crippen molar-refractivity contribution in [3.63, 3.8) is 0 Å². The standard InChI is InChI=1S/C16H12ClFN2O2/c17-13-8-10(4-6-14(13)18)5-7-15(21)20-12-3-1-2-11(9-12)16(19)22/h1-9H,(H2,19,22)(H,20,21)/b7-5+. The highest BCUT2D eigenvalue weighted by Gasteiger charge is 2.03. The molecule has 0 saturated heterocycles. The molecule has 2 aromatic rings. The number of halogens is 2. The van der Waals surface area contributed by atoms with E-state index in [4.69, 9.17) is 17.3 Å². The van der Waals surface area contributed by atoms with Crippen LogP contribution in [0.1, 0.15) is 15.9 Å². The van der Waals surface area contributed by atoms with Crippen molar-refractivity contribution >= 4 is 35.2 Å². The molecule has 0 heterocycles. The van der Waals surface area contributed by atoms with E-state index in [1.807, 2.05) is 0 Å². The number of rotatable bonds is 4. The van der Waals surface area contributed by atoms with Crippen LogP contribution in [0.3, 0.4) is 0 Å². The van der Waals surface area contributed by atoms with Crippen LogP contribution in [0.5, 0.6) is 0 Å². The van der Waals surface area contributed by atoms with E-state index >= 15 is 0 Å². The van der Waals surface area contributed by atoms with Gasteiger partial charge in [0, 0.05) is 17.3 Å². The van der Waals surface area contributed by atoms with Gasteiger partial charge in [-0.1, -0.05) is 23.7 Å². The topological polar surface area (TPSA) is 72.2 Å². The van der Waals surface area contributed by atoms with Crippen LogP contribution in [0.4, 0.5) is 10.1 Å². The molecule has 0 saturated carbocycles. The first-order valence-electron chi connectivity index (χ1n) is 6.29. The minimum atomic E-state index is -0.576. The highest BCUT2D eigenvalue weighted by molar-refractivity contribution is 6.30. The quantitative estimate of drug-likeness (QED) is 0.849. The molecule has 0 spiro atoms. The Morgan fingerprint density at radius 1 is 1.18 bits per heavy atom. The molecule has 2 aromatic carbocycles. The summed E-state index contributed by atoms with van der Waals surface area (Å²) in [7, 11) is 0. The lowest BCUT2D eigenvalue weighted by atomic mass is 10.2. The van der Waals surface area contributed by atoms with E-state index in [1.165, 1.54) is 36.4 Å². The third-order valence-corrected chi connectivity index (χ3v) is 3.08. The molecule has 0 atom stereocenters. The number of benzene rings is 2. The zero-order valence-corrected chi connectivity index (χ0v) is 12.1. The fraction of sp³-hybridized carbons (Fsp3) is 0. The largest absolute Gasteiger partial charge is 0.366 e. The predicted molar refractivity (Wildman–Crippen MR) is 84.0 cm³/mol. The third kappa shape index (κ3) is 4.17. The first-order chi connectivity index (χ1) is 10.5. The van der Waals surface area contributed by atoms with Gasteiger partial charge < -0.3 is 11.1 Å². The minimum absolute atomic E-state index is 0.0169. The number of primary amides is 1. The molecule has 22 heavy (non-hydrogen) atoms.